The molecule has 0 bridgehead atoms. The molecule has 1 atom stereocenters. The van der Waals surface area contributed by atoms with Gasteiger partial charge in [0.2, 0.25) is 5.91 Å². The fourth-order valence-electron chi connectivity index (χ4n) is 5.06. The highest BCUT2D eigenvalue weighted by molar-refractivity contribution is 6.24. The Labute approximate surface area is 247 Å². The van der Waals surface area contributed by atoms with Crippen LogP contribution in [0.3, 0.4) is 0 Å². The summed E-state index contributed by atoms with van der Waals surface area (Å²) in [6.07, 6.45) is 2.59. The Kier molecular flexibility index (Phi) is 12.6. The van der Waals surface area contributed by atoms with Gasteiger partial charge in [-0.2, -0.15) is 0 Å². The summed E-state index contributed by atoms with van der Waals surface area (Å²) < 4.78 is 5.62. The molecule has 1 aromatic rings. The number of ether oxygens (including phenoxy) is 1. The van der Waals surface area contributed by atoms with E-state index in [0.717, 1.165) is 31.1 Å². The van der Waals surface area contributed by atoms with Crippen LogP contribution in [0, 0.1) is 0 Å². The molecule has 2 aliphatic rings. The Balaban J connectivity index is 1.42. The molecule has 3 rings (SSSR count). The summed E-state index contributed by atoms with van der Waals surface area (Å²) in [5, 5.41) is 5.66. The minimum absolute atomic E-state index is 0.00131. The number of imide groups is 1. The van der Waals surface area contributed by atoms with E-state index in [2.05, 4.69) is 27.5 Å². The minimum atomic E-state index is -1.05. The van der Waals surface area contributed by atoms with Crippen LogP contribution in [0.2, 0.25) is 0 Å². The third-order valence-corrected chi connectivity index (χ3v) is 7.48. The fourth-order valence-corrected chi connectivity index (χ4v) is 5.06. The summed E-state index contributed by atoms with van der Waals surface area (Å²) in [6.45, 7) is 7.80. The SMILES string of the molecule is CCCC(=O)CCC(C(C)=O)N1C(=O)c2cccc(OCC(=O)NCCCCNC(=O)CN3CCN(C)CC3)c2C1=O. The van der Waals surface area contributed by atoms with Gasteiger partial charge in [-0.3, -0.25) is 38.6 Å². The van der Waals surface area contributed by atoms with Gasteiger partial charge in [0.25, 0.3) is 17.7 Å². The van der Waals surface area contributed by atoms with Crippen molar-refractivity contribution in [1.82, 2.24) is 25.3 Å². The number of nitrogens with one attached hydrogen (secondary N) is 2. The van der Waals surface area contributed by atoms with E-state index in [0.29, 0.717) is 45.3 Å². The molecule has 1 fully saturated rings. The number of likely N-dealkylation sites (N-methyl/N-ethyl adjacent to an activating group) is 1. The van der Waals surface area contributed by atoms with Crippen LogP contribution < -0.4 is 15.4 Å². The van der Waals surface area contributed by atoms with Gasteiger partial charge in [-0.05, 0) is 51.8 Å². The zero-order valence-electron chi connectivity index (χ0n) is 24.9. The molecule has 2 heterocycles. The summed E-state index contributed by atoms with van der Waals surface area (Å²) in [6, 6.07) is 3.48. The molecule has 12 nitrogen and oxygen atoms in total. The van der Waals surface area contributed by atoms with E-state index in [1.54, 1.807) is 6.07 Å². The van der Waals surface area contributed by atoms with Crippen molar-refractivity contribution < 1.29 is 33.5 Å². The van der Waals surface area contributed by atoms with Crippen LogP contribution in [0.15, 0.2) is 18.2 Å². The number of amides is 4. The van der Waals surface area contributed by atoms with E-state index in [-0.39, 0.29) is 53.8 Å². The van der Waals surface area contributed by atoms with Gasteiger partial charge in [-0.1, -0.05) is 13.0 Å². The Bertz CT molecular complexity index is 1160. The number of fused-ring (bicyclic) bond motifs is 1. The van der Waals surface area contributed by atoms with E-state index in [1.807, 2.05) is 6.92 Å². The Morgan fingerprint density at radius 3 is 2.24 bits per heavy atom. The number of carbonyl (C=O) groups excluding carboxylic acids is 6. The van der Waals surface area contributed by atoms with Gasteiger partial charge in [0, 0.05) is 52.1 Å². The number of hydrogen-bond acceptors (Lipinski definition) is 9. The van der Waals surface area contributed by atoms with Crippen LogP contribution in [-0.2, 0) is 19.2 Å². The monoisotopic (exact) mass is 585 g/mol. The normalized spacial score (nSPS) is 16.2. The smallest absolute Gasteiger partial charge is 0.266 e. The van der Waals surface area contributed by atoms with Gasteiger partial charge >= 0.3 is 0 Å². The van der Waals surface area contributed by atoms with Crippen molar-refractivity contribution in [2.24, 2.45) is 0 Å². The van der Waals surface area contributed by atoms with Gasteiger partial charge in [-0.15, -0.1) is 0 Å². The largest absolute Gasteiger partial charge is 0.483 e. The zero-order valence-corrected chi connectivity index (χ0v) is 24.9. The quantitative estimate of drug-likeness (QED) is 0.202. The van der Waals surface area contributed by atoms with Crippen molar-refractivity contribution in [1.29, 1.82) is 0 Å². The summed E-state index contributed by atoms with van der Waals surface area (Å²) in [4.78, 5) is 80.5. The van der Waals surface area contributed by atoms with Crippen molar-refractivity contribution in [2.75, 3.05) is 59.5 Å². The third kappa shape index (κ3) is 9.18. The molecule has 42 heavy (non-hydrogen) atoms. The Morgan fingerprint density at radius 2 is 1.60 bits per heavy atom. The topological polar surface area (TPSA) is 145 Å². The van der Waals surface area contributed by atoms with E-state index in [1.165, 1.54) is 19.1 Å². The first kappa shape index (κ1) is 32.9. The molecule has 0 aromatic heterocycles. The molecule has 0 radical (unpaired) electrons. The molecular formula is C30H43N5O7. The molecule has 230 valence electrons. The van der Waals surface area contributed by atoms with Gasteiger partial charge in [0.15, 0.2) is 12.4 Å². The fraction of sp³-hybridized carbons (Fsp3) is 0.600. The lowest BCUT2D eigenvalue weighted by molar-refractivity contribution is -0.123. The highest BCUT2D eigenvalue weighted by Crippen LogP contribution is 2.33. The highest BCUT2D eigenvalue weighted by atomic mass is 16.5. The number of hydrogen-bond donors (Lipinski definition) is 2. The number of ketones is 2. The second-order valence-electron chi connectivity index (χ2n) is 10.9. The van der Waals surface area contributed by atoms with Gasteiger partial charge in [0.05, 0.1) is 23.7 Å². The first-order chi connectivity index (χ1) is 20.1. The molecule has 0 aliphatic carbocycles. The van der Waals surface area contributed by atoms with Crippen LogP contribution in [0.5, 0.6) is 5.75 Å². The molecule has 4 amide bonds. The number of benzene rings is 1. The lowest BCUT2D eigenvalue weighted by Gasteiger charge is -2.31. The van der Waals surface area contributed by atoms with Crippen molar-refractivity contribution in [3.8, 4) is 5.75 Å². The number of unbranched alkanes of at least 4 members (excludes halogenated alkanes) is 1. The second kappa shape index (κ2) is 16.1. The van der Waals surface area contributed by atoms with Crippen LogP contribution in [0.1, 0.15) is 73.1 Å². The first-order valence-electron chi connectivity index (χ1n) is 14.7. The Morgan fingerprint density at radius 1 is 0.929 bits per heavy atom. The molecule has 1 aromatic carbocycles. The van der Waals surface area contributed by atoms with Crippen molar-refractivity contribution in [2.45, 2.75) is 58.4 Å². The molecule has 2 N–H and O–H groups in total. The summed E-state index contributed by atoms with van der Waals surface area (Å²) in [5.74, 6) is -2.02. The van der Waals surface area contributed by atoms with Gasteiger partial charge < -0.3 is 20.3 Å². The zero-order chi connectivity index (χ0) is 30.6. The van der Waals surface area contributed by atoms with Crippen LogP contribution in [0.4, 0.5) is 0 Å². The average Bonchev–Trinajstić information content (AvgIpc) is 3.21. The number of nitrogens with zero attached hydrogens (tertiary/aromatic N) is 3. The van der Waals surface area contributed by atoms with Crippen LogP contribution in [-0.4, -0.2) is 115 Å². The predicted octanol–water partition coefficient (Wildman–Crippen LogP) is 1.03. The summed E-state index contributed by atoms with van der Waals surface area (Å²) in [7, 11) is 2.07. The average molecular weight is 586 g/mol. The van der Waals surface area contributed by atoms with E-state index >= 15 is 0 Å². The van der Waals surface area contributed by atoms with Crippen molar-refractivity contribution >= 4 is 35.2 Å². The second-order valence-corrected chi connectivity index (χ2v) is 10.9. The number of rotatable bonds is 17. The number of carbonyl (C=O) groups is 6. The summed E-state index contributed by atoms with van der Waals surface area (Å²) in [5.41, 5.74) is 0.104. The number of Topliss-reactive ketones (excluding diaryl/α,β-unsaturated/α-hetero) is 2. The standard InChI is InChI=1S/C30H43N5O7/c1-4-8-22(37)11-12-24(21(2)36)35-29(40)23-9-7-10-25(28(23)30(35)41)42-20-27(39)32-14-6-5-13-31-26(38)19-34-17-15-33(3)16-18-34/h7,9-10,24H,4-6,8,11-20H2,1-3H3,(H,31,38)(H,32,39). The van der Waals surface area contributed by atoms with Gasteiger partial charge in [0.1, 0.15) is 11.5 Å². The van der Waals surface area contributed by atoms with Crippen molar-refractivity contribution in [3.63, 3.8) is 0 Å². The number of piperazine rings is 1. The van der Waals surface area contributed by atoms with E-state index < -0.39 is 23.8 Å². The Hall–Kier alpha value is -3.64. The van der Waals surface area contributed by atoms with Gasteiger partial charge in [-0.25, -0.2) is 0 Å². The highest BCUT2D eigenvalue weighted by Gasteiger charge is 2.43. The summed E-state index contributed by atoms with van der Waals surface area (Å²) >= 11 is 0. The molecule has 1 saturated heterocycles. The van der Waals surface area contributed by atoms with Crippen LogP contribution in [0.25, 0.3) is 0 Å². The minimum Gasteiger partial charge on any atom is -0.483 e. The predicted molar refractivity (Wildman–Crippen MR) is 155 cm³/mol. The third-order valence-electron chi connectivity index (χ3n) is 7.48. The van der Waals surface area contributed by atoms with E-state index in [9.17, 15) is 28.8 Å². The van der Waals surface area contributed by atoms with Crippen molar-refractivity contribution in [3.05, 3.63) is 29.3 Å². The lowest BCUT2D eigenvalue weighted by atomic mass is 10.0. The molecule has 0 spiro atoms. The molecule has 2 aliphatic heterocycles. The molecule has 12 heteroatoms. The maximum absolute atomic E-state index is 13.3. The maximum Gasteiger partial charge on any atom is 0.266 e. The lowest BCUT2D eigenvalue weighted by Crippen LogP contribution is -2.48. The molecule has 0 saturated carbocycles. The maximum atomic E-state index is 13.3. The van der Waals surface area contributed by atoms with Crippen LogP contribution >= 0.6 is 0 Å². The molecule has 1 unspecified atom stereocenters. The molecular weight excluding hydrogens is 542 g/mol. The first-order valence-corrected chi connectivity index (χ1v) is 14.7. The van der Waals surface area contributed by atoms with E-state index in [4.69, 9.17) is 4.74 Å².